The number of nitrogens with zero attached hydrogens (tertiary/aromatic N) is 3. The second-order valence-electron chi connectivity index (χ2n) is 7.02. The van der Waals surface area contributed by atoms with Crippen LogP contribution in [0.1, 0.15) is 50.4 Å². The first kappa shape index (κ1) is 21.0. The van der Waals surface area contributed by atoms with Crippen LogP contribution < -0.4 is 5.32 Å². The maximum Gasteiger partial charge on any atom is 0.501 e. The van der Waals surface area contributed by atoms with E-state index in [1.54, 1.807) is 13.8 Å². The maximum absolute atomic E-state index is 12.8. The molecule has 1 N–H and O–H groups in total. The van der Waals surface area contributed by atoms with E-state index in [0.717, 1.165) is 18.9 Å². The van der Waals surface area contributed by atoms with E-state index in [-0.39, 0.29) is 23.4 Å². The number of nitro groups is 1. The van der Waals surface area contributed by atoms with Crippen molar-refractivity contribution in [3.8, 4) is 0 Å². The lowest BCUT2D eigenvalue weighted by Crippen LogP contribution is -2.23. The fourth-order valence-electron chi connectivity index (χ4n) is 2.65. The highest BCUT2D eigenvalue weighted by Gasteiger charge is 2.47. The van der Waals surface area contributed by atoms with Gasteiger partial charge in [-0.15, -0.1) is 0 Å². The smallest absolute Gasteiger partial charge is 0.368 e. The van der Waals surface area contributed by atoms with Gasteiger partial charge in [0.15, 0.2) is 5.82 Å². The second-order valence-corrected chi connectivity index (χ2v) is 8.96. The predicted molar refractivity (Wildman–Crippen MR) is 93.8 cm³/mol. The summed E-state index contributed by atoms with van der Waals surface area (Å²) in [7, 11) is -5.72. The molecule has 0 unspecified atom stereocenters. The zero-order valence-corrected chi connectivity index (χ0v) is 16.1. The second kappa shape index (κ2) is 7.28. The highest BCUT2D eigenvalue weighted by atomic mass is 32.2. The molecule has 1 aromatic carbocycles. The van der Waals surface area contributed by atoms with Crippen LogP contribution in [0.2, 0.25) is 0 Å². The molecule has 9 nitrogen and oxygen atoms in total. The summed E-state index contributed by atoms with van der Waals surface area (Å²) in [6, 6.07) is 1.30. The molecular formula is C16H17F3N4O5S. The predicted octanol–water partition coefficient (Wildman–Crippen LogP) is 3.96. The highest BCUT2D eigenvalue weighted by Crippen LogP contribution is 2.40. The molecule has 3 rings (SSSR count). The summed E-state index contributed by atoms with van der Waals surface area (Å²) in [6.45, 7) is 3.57. The SMILES string of the molecule is CC(C)[C@@H](Nc1ccc(S(=O)(=O)C(F)(F)F)cc1[N+](=O)[O-])c1nc(C2CC2)no1. The number of benzene rings is 1. The number of sulfone groups is 1. The van der Waals surface area contributed by atoms with Crippen LogP contribution in [0.5, 0.6) is 0 Å². The summed E-state index contributed by atoms with van der Waals surface area (Å²) in [5, 5.41) is 18.1. The summed E-state index contributed by atoms with van der Waals surface area (Å²) in [5.41, 5.74) is -6.55. The molecule has 0 bridgehead atoms. The molecule has 0 saturated heterocycles. The molecule has 1 aliphatic rings. The van der Waals surface area contributed by atoms with Crippen LogP contribution in [0, 0.1) is 16.0 Å². The van der Waals surface area contributed by atoms with Crippen molar-refractivity contribution in [3.05, 3.63) is 40.0 Å². The third-order valence-electron chi connectivity index (χ3n) is 4.42. The zero-order valence-electron chi connectivity index (χ0n) is 15.3. The summed E-state index contributed by atoms with van der Waals surface area (Å²) in [6.07, 6.45) is 1.89. The molecule has 1 fully saturated rings. The number of anilines is 1. The molecular weight excluding hydrogens is 417 g/mol. The minimum atomic E-state index is -5.72. The van der Waals surface area contributed by atoms with Gasteiger partial charge in [0.1, 0.15) is 11.7 Å². The summed E-state index contributed by atoms with van der Waals surface area (Å²) in [5.74, 6) is 0.763. The van der Waals surface area contributed by atoms with Crippen molar-refractivity contribution in [1.82, 2.24) is 10.1 Å². The first-order valence-corrected chi connectivity index (χ1v) is 10.1. The van der Waals surface area contributed by atoms with Gasteiger partial charge in [-0.1, -0.05) is 19.0 Å². The Balaban J connectivity index is 1.96. The van der Waals surface area contributed by atoms with Gasteiger partial charge in [0.25, 0.3) is 15.5 Å². The van der Waals surface area contributed by atoms with Gasteiger partial charge in [0.2, 0.25) is 5.89 Å². The van der Waals surface area contributed by atoms with Gasteiger partial charge < -0.3 is 9.84 Å². The van der Waals surface area contributed by atoms with Crippen LogP contribution in [0.15, 0.2) is 27.6 Å². The van der Waals surface area contributed by atoms with Crippen molar-refractivity contribution in [1.29, 1.82) is 0 Å². The fraction of sp³-hybridized carbons (Fsp3) is 0.500. The van der Waals surface area contributed by atoms with Gasteiger partial charge >= 0.3 is 5.51 Å². The molecule has 0 amide bonds. The van der Waals surface area contributed by atoms with Crippen LogP contribution in [-0.2, 0) is 9.84 Å². The molecule has 0 spiro atoms. The highest BCUT2D eigenvalue weighted by molar-refractivity contribution is 7.92. The maximum atomic E-state index is 12.8. The van der Waals surface area contributed by atoms with Crippen LogP contribution in [0.25, 0.3) is 0 Å². The number of alkyl halides is 3. The lowest BCUT2D eigenvalue weighted by molar-refractivity contribution is -0.384. The Morgan fingerprint density at radius 2 is 1.97 bits per heavy atom. The first-order chi connectivity index (χ1) is 13.4. The van der Waals surface area contributed by atoms with Gasteiger partial charge in [-0.25, -0.2) is 8.42 Å². The molecule has 158 valence electrons. The molecule has 1 atom stereocenters. The molecule has 0 aliphatic heterocycles. The van der Waals surface area contributed by atoms with Crippen molar-refractivity contribution in [3.63, 3.8) is 0 Å². The Kier molecular flexibility index (Phi) is 5.28. The van der Waals surface area contributed by atoms with E-state index < -0.39 is 36.9 Å². The Hall–Kier alpha value is -2.70. The van der Waals surface area contributed by atoms with Gasteiger partial charge in [-0.05, 0) is 30.9 Å². The largest absolute Gasteiger partial charge is 0.501 e. The van der Waals surface area contributed by atoms with Crippen molar-refractivity contribution >= 4 is 21.2 Å². The quantitative estimate of drug-likeness (QED) is 0.512. The molecule has 0 radical (unpaired) electrons. The van der Waals surface area contributed by atoms with Gasteiger partial charge in [-0.3, -0.25) is 10.1 Å². The van der Waals surface area contributed by atoms with E-state index in [2.05, 4.69) is 15.5 Å². The van der Waals surface area contributed by atoms with Gasteiger partial charge in [0.05, 0.1) is 9.82 Å². The van der Waals surface area contributed by atoms with Crippen LogP contribution in [-0.4, -0.2) is 29.0 Å². The third kappa shape index (κ3) is 4.18. The average Bonchev–Trinajstić information content (AvgIpc) is 3.36. The third-order valence-corrected chi connectivity index (χ3v) is 5.91. The Morgan fingerprint density at radius 1 is 1.31 bits per heavy atom. The van der Waals surface area contributed by atoms with E-state index in [1.165, 1.54) is 0 Å². The Labute approximate surface area is 163 Å². The summed E-state index contributed by atoms with van der Waals surface area (Å²) >= 11 is 0. The van der Waals surface area contributed by atoms with E-state index >= 15 is 0 Å². The van der Waals surface area contributed by atoms with Crippen LogP contribution in [0.4, 0.5) is 24.5 Å². The lowest BCUT2D eigenvalue weighted by atomic mass is 10.0. The number of halogens is 3. The van der Waals surface area contributed by atoms with Crippen molar-refractivity contribution < 1.29 is 31.0 Å². The summed E-state index contributed by atoms with van der Waals surface area (Å²) < 4.78 is 66.7. The van der Waals surface area contributed by atoms with E-state index in [9.17, 15) is 31.7 Å². The van der Waals surface area contributed by atoms with E-state index in [1.807, 2.05) is 0 Å². The average molecular weight is 434 g/mol. The Bertz CT molecular complexity index is 1030. The van der Waals surface area contributed by atoms with E-state index in [0.29, 0.717) is 18.0 Å². The molecule has 13 heteroatoms. The van der Waals surface area contributed by atoms with E-state index in [4.69, 9.17) is 4.52 Å². The molecule has 1 aromatic heterocycles. The number of hydrogen-bond donors (Lipinski definition) is 1. The van der Waals surface area contributed by atoms with Crippen molar-refractivity contribution in [2.24, 2.45) is 5.92 Å². The molecule has 2 aromatic rings. The number of nitrogens with one attached hydrogen (secondary N) is 1. The minimum absolute atomic E-state index is 0.166. The number of rotatable bonds is 7. The van der Waals surface area contributed by atoms with Crippen molar-refractivity contribution in [2.75, 3.05) is 5.32 Å². The van der Waals surface area contributed by atoms with Crippen LogP contribution >= 0.6 is 0 Å². The normalized spacial score (nSPS) is 16.1. The summed E-state index contributed by atoms with van der Waals surface area (Å²) in [4.78, 5) is 13.5. The topological polar surface area (TPSA) is 128 Å². The number of aromatic nitrogens is 2. The zero-order chi connectivity index (χ0) is 21.6. The molecule has 29 heavy (non-hydrogen) atoms. The standard InChI is InChI=1S/C16H17F3N4O5S/c1-8(2)13(15-21-14(22-28-15)9-3-4-9)20-11-6-5-10(7-12(11)23(24)25)29(26,27)16(17,18)19/h5-9,13,20H,3-4H2,1-2H3/t13-/m1/s1. The van der Waals surface area contributed by atoms with Gasteiger partial charge in [-0.2, -0.15) is 18.2 Å². The van der Waals surface area contributed by atoms with Gasteiger partial charge in [0, 0.05) is 12.0 Å². The molecule has 1 saturated carbocycles. The molecule has 1 heterocycles. The number of nitro benzene ring substituents is 1. The Morgan fingerprint density at radius 3 is 2.48 bits per heavy atom. The molecule has 1 aliphatic carbocycles. The number of hydrogen-bond acceptors (Lipinski definition) is 8. The fourth-order valence-corrected chi connectivity index (χ4v) is 3.43. The van der Waals surface area contributed by atoms with Crippen molar-refractivity contribution in [2.45, 2.75) is 49.1 Å². The first-order valence-electron chi connectivity index (χ1n) is 8.61. The lowest BCUT2D eigenvalue weighted by Gasteiger charge is -2.20. The monoisotopic (exact) mass is 434 g/mol. The minimum Gasteiger partial charge on any atom is -0.368 e. The van der Waals surface area contributed by atoms with Crippen LogP contribution in [0.3, 0.4) is 0 Å².